The van der Waals surface area contributed by atoms with Crippen molar-refractivity contribution in [3.8, 4) is 0 Å². The summed E-state index contributed by atoms with van der Waals surface area (Å²) in [5.41, 5.74) is 2.18. The number of rotatable bonds is 6. The Bertz CT molecular complexity index is 650. The summed E-state index contributed by atoms with van der Waals surface area (Å²) in [4.78, 5) is 10.8. The van der Waals surface area contributed by atoms with E-state index in [1.54, 1.807) is 0 Å². The summed E-state index contributed by atoms with van der Waals surface area (Å²) in [5.74, 6) is -0.205. The summed E-state index contributed by atoms with van der Waals surface area (Å²) >= 11 is 7.21. The molecule has 1 aromatic heterocycles. The van der Waals surface area contributed by atoms with Crippen LogP contribution in [-0.2, 0) is 11.3 Å². The van der Waals surface area contributed by atoms with E-state index in [0.29, 0.717) is 17.5 Å². The van der Waals surface area contributed by atoms with E-state index in [1.165, 1.54) is 24.6 Å². The maximum absolute atomic E-state index is 10.8. The molecule has 0 unspecified atom stereocenters. The molecule has 1 heterocycles. The van der Waals surface area contributed by atoms with Crippen LogP contribution in [0.4, 0.5) is 0 Å². The van der Waals surface area contributed by atoms with Crippen LogP contribution >= 0.6 is 23.4 Å². The van der Waals surface area contributed by atoms with Crippen LogP contribution < -0.4 is 0 Å². The van der Waals surface area contributed by atoms with Gasteiger partial charge in [-0.05, 0) is 36.6 Å². The van der Waals surface area contributed by atoms with E-state index in [9.17, 15) is 4.79 Å². The lowest BCUT2D eigenvalue weighted by Gasteiger charge is -2.06. The molecule has 4 nitrogen and oxygen atoms in total. The van der Waals surface area contributed by atoms with Crippen LogP contribution in [0.5, 0.6) is 0 Å². The molecule has 1 aromatic carbocycles. The van der Waals surface area contributed by atoms with Gasteiger partial charge < -0.3 is 5.11 Å². The molecule has 1 aliphatic rings. The third kappa shape index (κ3) is 3.80. The molecule has 21 heavy (non-hydrogen) atoms. The van der Waals surface area contributed by atoms with Crippen LogP contribution in [0.3, 0.4) is 0 Å². The predicted molar refractivity (Wildman–Crippen MR) is 83.1 cm³/mol. The predicted octanol–water partition coefficient (Wildman–Crippen LogP) is 3.64. The standard InChI is InChI=1S/C15H15ClN2O2S/c16-12-5-1-10(2-6-12)8-18-14(21-9-15(19)20)7-13(17-18)11-3-4-11/h1-2,5-7,11H,3-4,8-9H2,(H,19,20). The van der Waals surface area contributed by atoms with Crippen molar-refractivity contribution in [1.29, 1.82) is 0 Å². The lowest BCUT2D eigenvalue weighted by atomic mass is 10.2. The minimum atomic E-state index is -0.813. The highest BCUT2D eigenvalue weighted by Gasteiger charge is 2.27. The molecule has 110 valence electrons. The minimum absolute atomic E-state index is 0.0520. The molecule has 0 radical (unpaired) electrons. The molecule has 0 bridgehead atoms. The molecule has 3 rings (SSSR count). The van der Waals surface area contributed by atoms with E-state index in [2.05, 4.69) is 5.10 Å². The number of aliphatic carboxylic acids is 1. The van der Waals surface area contributed by atoms with Gasteiger partial charge in [0.1, 0.15) is 0 Å². The van der Waals surface area contributed by atoms with Gasteiger partial charge in [0.2, 0.25) is 0 Å². The van der Waals surface area contributed by atoms with Crippen molar-refractivity contribution in [2.24, 2.45) is 0 Å². The second-order valence-electron chi connectivity index (χ2n) is 5.15. The summed E-state index contributed by atoms with van der Waals surface area (Å²) in [6.45, 7) is 0.631. The molecule has 1 saturated carbocycles. The first kappa shape index (κ1) is 14.5. The average Bonchev–Trinajstić information content (AvgIpc) is 3.22. The van der Waals surface area contributed by atoms with Crippen LogP contribution in [0, 0.1) is 0 Å². The normalized spacial score (nSPS) is 14.3. The summed E-state index contributed by atoms with van der Waals surface area (Å²) in [7, 11) is 0. The number of thioether (sulfide) groups is 1. The Morgan fingerprint density at radius 1 is 1.38 bits per heavy atom. The summed E-state index contributed by atoms with van der Waals surface area (Å²) < 4.78 is 1.89. The van der Waals surface area contributed by atoms with E-state index in [0.717, 1.165) is 16.3 Å². The molecule has 0 amide bonds. The van der Waals surface area contributed by atoms with Crippen molar-refractivity contribution in [2.75, 3.05) is 5.75 Å². The zero-order chi connectivity index (χ0) is 14.8. The van der Waals surface area contributed by atoms with E-state index >= 15 is 0 Å². The number of carboxylic acids is 1. The lowest BCUT2D eigenvalue weighted by molar-refractivity contribution is -0.133. The van der Waals surface area contributed by atoms with Crippen molar-refractivity contribution in [3.05, 3.63) is 46.6 Å². The van der Waals surface area contributed by atoms with E-state index in [4.69, 9.17) is 16.7 Å². The van der Waals surface area contributed by atoms with Gasteiger partial charge in [0.25, 0.3) is 0 Å². The number of carboxylic acid groups (broad SMARTS) is 1. The molecule has 1 fully saturated rings. The number of carbonyl (C=O) groups is 1. The Hall–Kier alpha value is -1.46. The Kier molecular flexibility index (Phi) is 4.22. The van der Waals surface area contributed by atoms with Crippen LogP contribution in [-0.4, -0.2) is 26.6 Å². The zero-order valence-electron chi connectivity index (χ0n) is 11.3. The van der Waals surface area contributed by atoms with Gasteiger partial charge in [0.15, 0.2) is 0 Å². The van der Waals surface area contributed by atoms with Gasteiger partial charge in [0, 0.05) is 10.9 Å². The molecule has 0 spiro atoms. The van der Waals surface area contributed by atoms with E-state index in [1.807, 2.05) is 35.0 Å². The van der Waals surface area contributed by atoms with Gasteiger partial charge in [-0.1, -0.05) is 35.5 Å². The van der Waals surface area contributed by atoms with Crippen LogP contribution in [0.25, 0.3) is 0 Å². The van der Waals surface area contributed by atoms with Crippen LogP contribution in [0.15, 0.2) is 35.4 Å². The van der Waals surface area contributed by atoms with Crippen molar-refractivity contribution >= 4 is 29.3 Å². The molecule has 0 saturated heterocycles. The molecule has 2 aromatic rings. The number of nitrogens with zero attached hydrogens (tertiary/aromatic N) is 2. The van der Waals surface area contributed by atoms with Crippen molar-refractivity contribution in [3.63, 3.8) is 0 Å². The van der Waals surface area contributed by atoms with Gasteiger partial charge in [0.05, 0.1) is 23.0 Å². The highest BCUT2D eigenvalue weighted by Crippen LogP contribution is 2.40. The summed E-state index contributed by atoms with van der Waals surface area (Å²) in [6.07, 6.45) is 2.36. The first-order chi connectivity index (χ1) is 10.1. The fourth-order valence-electron chi connectivity index (χ4n) is 2.13. The molecule has 1 N–H and O–H groups in total. The van der Waals surface area contributed by atoms with Gasteiger partial charge >= 0.3 is 5.97 Å². The van der Waals surface area contributed by atoms with Crippen molar-refractivity contribution in [1.82, 2.24) is 9.78 Å². The second-order valence-corrected chi connectivity index (χ2v) is 6.58. The minimum Gasteiger partial charge on any atom is -0.481 e. The quantitative estimate of drug-likeness (QED) is 0.825. The topological polar surface area (TPSA) is 55.1 Å². The van der Waals surface area contributed by atoms with Crippen molar-refractivity contribution < 1.29 is 9.90 Å². The lowest BCUT2D eigenvalue weighted by Crippen LogP contribution is -2.05. The maximum Gasteiger partial charge on any atom is 0.313 e. The monoisotopic (exact) mass is 322 g/mol. The molecule has 0 aliphatic heterocycles. The summed E-state index contributed by atoms with van der Waals surface area (Å²) in [6, 6.07) is 9.67. The number of hydrogen-bond donors (Lipinski definition) is 1. The third-order valence-corrected chi connectivity index (χ3v) is 4.61. The molecule has 1 aliphatic carbocycles. The van der Waals surface area contributed by atoms with Gasteiger partial charge in [-0.15, -0.1) is 0 Å². The van der Waals surface area contributed by atoms with Crippen LogP contribution in [0.1, 0.15) is 30.0 Å². The van der Waals surface area contributed by atoms with E-state index < -0.39 is 5.97 Å². The Labute approximate surface area is 132 Å². The van der Waals surface area contributed by atoms with E-state index in [-0.39, 0.29) is 5.75 Å². The number of aromatic nitrogens is 2. The first-order valence-electron chi connectivity index (χ1n) is 6.78. The number of benzene rings is 1. The molecular formula is C15H15ClN2O2S. The SMILES string of the molecule is O=C(O)CSc1cc(C2CC2)nn1Cc1ccc(Cl)cc1. The highest BCUT2D eigenvalue weighted by atomic mass is 35.5. The number of hydrogen-bond acceptors (Lipinski definition) is 3. The molecular weight excluding hydrogens is 308 g/mol. The largest absolute Gasteiger partial charge is 0.481 e. The second kappa shape index (κ2) is 6.12. The highest BCUT2D eigenvalue weighted by molar-refractivity contribution is 7.99. The Morgan fingerprint density at radius 3 is 2.71 bits per heavy atom. The smallest absolute Gasteiger partial charge is 0.313 e. The summed E-state index contributed by atoms with van der Waals surface area (Å²) in [5, 5.41) is 15.1. The van der Waals surface area contributed by atoms with Gasteiger partial charge in [-0.25, -0.2) is 0 Å². The number of halogens is 1. The van der Waals surface area contributed by atoms with Gasteiger partial charge in [-0.3, -0.25) is 9.48 Å². The fraction of sp³-hybridized carbons (Fsp3) is 0.333. The Balaban J connectivity index is 1.80. The van der Waals surface area contributed by atoms with Crippen molar-refractivity contribution in [2.45, 2.75) is 30.3 Å². The molecule has 0 atom stereocenters. The third-order valence-electron chi connectivity index (χ3n) is 3.35. The Morgan fingerprint density at radius 2 is 2.10 bits per heavy atom. The van der Waals surface area contributed by atoms with Crippen LogP contribution in [0.2, 0.25) is 5.02 Å². The first-order valence-corrected chi connectivity index (χ1v) is 8.15. The molecule has 6 heteroatoms. The zero-order valence-corrected chi connectivity index (χ0v) is 12.9. The fourth-order valence-corrected chi connectivity index (χ4v) is 2.98. The maximum atomic E-state index is 10.8. The van der Waals surface area contributed by atoms with Gasteiger partial charge in [-0.2, -0.15) is 5.10 Å². The average molecular weight is 323 g/mol.